The fourth-order valence-electron chi connectivity index (χ4n) is 1.46. The Hall–Kier alpha value is -1.29. The van der Waals surface area contributed by atoms with Gasteiger partial charge in [0.25, 0.3) is 0 Å². The molecule has 1 aromatic rings. The van der Waals surface area contributed by atoms with Gasteiger partial charge in [0.1, 0.15) is 5.60 Å². The largest absolute Gasteiger partial charge is 0.444 e. The minimum atomic E-state index is -0.462. The minimum absolute atomic E-state index is 0.397. The summed E-state index contributed by atoms with van der Waals surface area (Å²) in [4.78, 5) is 11.4. The fraction of sp³-hybridized carbons (Fsp3) is 0.400. The zero-order valence-electron chi connectivity index (χ0n) is 11.6. The van der Waals surface area contributed by atoms with Crippen LogP contribution in [0, 0.1) is 0 Å². The summed E-state index contributed by atoms with van der Waals surface area (Å²) in [5, 5.41) is 3.50. The lowest BCUT2D eigenvalue weighted by Gasteiger charge is -2.19. The van der Waals surface area contributed by atoms with Crippen LogP contribution in [0.25, 0.3) is 6.08 Å². The topological polar surface area (TPSA) is 38.3 Å². The van der Waals surface area contributed by atoms with E-state index in [2.05, 4.69) is 27.3 Å². The van der Waals surface area contributed by atoms with E-state index in [9.17, 15) is 4.79 Å². The van der Waals surface area contributed by atoms with E-state index < -0.39 is 11.7 Å². The number of halogens is 1. The summed E-state index contributed by atoms with van der Waals surface area (Å²) in [6.07, 6.45) is 3.50. The number of carbonyl (C=O) groups is 1. The Bertz CT molecular complexity index is 450. The Balaban J connectivity index is 2.44. The van der Waals surface area contributed by atoms with Crippen molar-refractivity contribution in [2.45, 2.75) is 31.7 Å². The summed E-state index contributed by atoms with van der Waals surface area (Å²) in [6, 6.07) is 8.11. The molecule has 0 fully saturated rings. The lowest BCUT2D eigenvalue weighted by atomic mass is 10.1. The molecule has 0 atom stereocenters. The van der Waals surface area contributed by atoms with Crippen LogP contribution >= 0.6 is 15.9 Å². The smallest absolute Gasteiger partial charge is 0.407 e. The molecule has 0 saturated heterocycles. The molecular weight excluding hydrogens is 306 g/mol. The molecule has 1 N–H and O–H groups in total. The van der Waals surface area contributed by atoms with Crippen LogP contribution in [0.4, 0.5) is 4.79 Å². The highest BCUT2D eigenvalue weighted by Crippen LogP contribution is 2.13. The molecule has 19 heavy (non-hydrogen) atoms. The van der Waals surface area contributed by atoms with Crippen LogP contribution in [-0.4, -0.2) is 18.2 Å². The Morgan fingerprint density at radius 1 is 1.37 bits per heavy atom. The molecule has 0 aliphatic rings. The third-order valence-electron chi connectivity index (χ3n) is 2.26. The van der Waals surface area contributed by atoms with Crippen molar-refractivity contribution in [2.75, 3.05) is 6.54 Å². The molecule has 0 heterocycles. The highest BCUT2D eigenvalue weighted by Gasteiger charge is 2.14. The first-order chi connectivity index (χ1) is 8.92. The van der Waals surface area contributed by atoms with Crippen LogP contribution in [-0.2, 0) is 10.1 Å². The van der Waals surface area contributed by atoms with Crippen molar-refractivity contribution in [3.63, 3.8) is 0 Å². The van der Waals surface area contributed by atoms with Gasteiger partial charge in [-0.05, 0) is 31.9 Å². The molecule has 0 unspecified atom stereocenters. The predicted molar refractivity (Wildman–Crippen MR) is 82.3 cm³/mol. The molecule has 0 radical (unpaired) electrons. The van der Waals surface area contributed by atoms with E-state index in [0.29, 0.717) is 6.54 Å². The van der Waals surface area contributed by atoms with Gasteiger partial charge < -0.3 is 10.1 Å². The zero-order chi connectivity index (χ0) is 14.3. The van der Waals surface area contributed by atoms with Crippen LogP contribution in [0.2, 0.25) is 0 Å². The third-order valence-corrected chi connectivity index (χ3v) is 2.86. The van der Waals surface area contributed by atoms with E-state index in [4.69, 9.17) is 4.74 Å². The Kier molecular flexibility index (Phi) is 6.09. The second kappa shape index (κ2) is 7.34. The van der Waals surface area contributed by atoms with E-state index in [1.807, 2.05) is 51.1 Å². The lowest BCUT2D eigenvalue weighted by Crippen LogP contribution is -2.32. The number of hydrogen-bond acceptors (Lipinski definition) is 2. The van der Waals surface area contributed by atoms with Crippen LogP contribution in [0.1, 0.15) is 31.9 Å². The maximum Gasteiger partial charge on any atom is 0.407 e. The van der Waals surface area contributed by atoms with Gasteiger partial charge >= 0.3 is 6.09 Å². The normalized spacial score (nSPS) is 11.6. The Morgan fingerprint density at radius 2 is 2.05 bits per heavy atom. The number of alkyl carbamates (subject to hydrolysis) is 1. The molecule has 0 aliphatic heterocycles. The van der Waals surface area contributed by atoms with Crippen molar-refractivity contribution >= 4 is 28.1 Å². The highest BCUT2D eigenvalue weighted by atomic mass is 79.9. The molecule has 104 valence electrons. The predicted octanol–water partition coefficient (Wildman–Crippen LogP) is 4.12. The third kappa shape index (κ3) is 6.43. The van der Waals surface area contributed by atoms with E-state index in [1.165, 1.54) is 5.56 Å². The number of benzene rings is 1. The van der Waals surface area contributed by atoms with Crippen molar-refractivity contribution in [3.05, 3.63) is 41.5 Å². The number of hydrogen-bond donors (Lipinski definition) is 1. The molecular formula is C15H20BrNO2. The monoisotopic (exact) mass is 325 g/mol. The summed E-state index contributed by atoms with van der Waals surface area (Å²) in [6.45, 7) is 5.98. The first-order valence-corrected chi connectivity index (χ1v) is 7.32. The summed E-state index contributed by atoms with van der Waals surface area (Å²) < 4.78 is 5.14. The van der Waals surface area contributed by atoms with Gasteiger partial charge in [-0.2, -0.15) is 0 Å². The van der Waals surface area contributed by atoms with Gasteiger partial charge in [0.15, 0.2) is 0 Å². The Labute approximate surface area is 123 Å². The average Bonchev–Trinajstić information content (AvgIpc) is 2.33. The number of ether oxygens (including phenoxy) is 1. The van der Waals surface area contributed by atoms with Gasteiger partial charge in [-0.3, -0.25) is 0 Å². The second-order valence-corrected chi connectivity index (χ2v) is 5.68. The van der Waals surface area contributed by atoms with Gasteiger partial charge in [-0.25, -0.2) is 4.79 Å². The molecule has 0 spiro atoms. The zero-order valence-corrected chi connectivity index (χ0v) is 13.2. The quantitative estimate of drug-likeness (QED) is 0.845. The second-order valence-electron chi connectivity index (χ2n) is 5.12. The Morgan fingerprint density at radius 3 is 2.68 bits per heavy atom. The van der Waals surface area contributed by atoms with Crippen LogP contribution in [0.15, 0.2) is 30.3 Å². The standard InChI is InChI=1S/C15H20BrNO2/c1-15(2,3)19-14(18)17-10-6-9-12-7-4-5-8-13(12)11-16/h4-9H,10-11H2,1-3H3,(H,17,18). The minimum Gasteiger partial charge on any atom is -0.444 e. The number of carbonyl (C=O) groups excluding carboxylic acids is 1. The van der Waals surface area contributed by atoms with Crippen molar-refractivity contribution in [1.82, 2.24) is 5.32 Å². The number of rotatable bonds is 4. The summed E-state index contributed by atoms with van der Waals surface area (Å²) in [5.41, 5.74) is 1.90. The average molecular weight is 326 g/mol. The lowest BCUT2D eigenvalue weighted by molar-refractivity contribution is 0.0534. The van der Waals surface area contributed by atoms with Crippen molar-refractivity contribution in [2.24, 2.45) is 0 Å². The summed E-state index contributed by atoms with van der Waals surface area (Å²) >= 11 is 3.45. The molecule has 3 nitrogen and oxygen atoms in total. The van der Waals surface area contributed by atoms with Gasteiger partial charge in [0.2, 0.25) is 0 Å². The van der Waals surface area contributed by atoms with Crippen molar-refractivity contribution in [3.8, 4) is 0 Å². The highest BCUT2D eigenvalue weighted by molar-refractivity contribution is 9.08. The van der Waals surface area contributed by atoms with Gasteiger partial charge in [-0.1, -0.05) is 52.3 Å². The molecule has 0 saturated carbocycles. The van der Waals surface area contributed by atoms with Crippen LogP contribution in [0.5, 0.6) is 0 Å². The molecule has 1 rings (SSSR count). The SMILES string of the molecule is CC(C)(C)OC(=O)NCC=Cc1ccccc1CBr. The van der Waals surface area contributed by atoms with Crippen molar-refractivity contribution < 1.29 is 9.53 Å². The number of amides is 1. The molecule has 0 bridgehead atoms. The van der Waals surface area contributed by atoms with Gasteiger partial charge in [-0.15, -0.1) is 0 Å². The first kappa shape index (κ1) is 15.8. The number of alkyl halides is 1. The molecule has 0 aliphatic carbocycles. The van der Waals surface area contributed by atoms with E-state index in [-0.39, 0.29) is 0 Å². The molecule has 1 aromatic carbocycles. The van der Waals surface area contributed by atoms with Crippen LogP contribution in [0.3, 0.4) is 0 Å². The van der Waals surface area contributed by atoms with Gasteiger partial charge in [0, 0.05) is 11.9 Å². The van der Waals surface area contributed by atoms with Gasteiger partial charge in [0.05, 0.1) is 0 Å². The fourth-order valence-corrected chi connectivity index (χ4v) is 1.97. The van der Waals surface area contributed by atoms with E-state index >= 15 is 0 Å². The van der Waals surface area contributed by atoms with Crippen LogP contribution < -0.4 is 5.32 Å². The van der Waals surface area contributed by atoms with E-state index in [1.54, 1.807) is 0 Å². The first-order valence-electron chi connectivity index (χ1n) is 6.19. The molecule has 4 heteroatoms. The number of nitrogens with one attached hydrogen (secondary N) is 1. The van der Waals surface area contributed by atoms with Crippen molar-refractivity contribution in [1.29, 1.82) is 0 Å². The summed E-state index contributed by atoms with van der Waals surface area (Å²) in [5.74, 6) is 0. The maximum atomic E-state index is 11.4. The maximum absolute atomic E-state index is 11.4. The molecule has 0 aromatic heterocycles. The molecule has 1 amide bonds. The summed E-state index contributed by atoms with van der Waals surface area (Å²) in [7, 11) is 0. The van der Waals surface area contributed by atoms with E-state index in [0.717, 1.165) is 10.9 Å².